The Kier molecular flexibility index (Phi) is 3.41. The molecule has 0 aromatic carbocycles. The predicted molar refractivity (Wildman–Crippen MR) is 62.3 cm³/mol. The molecular weight excluding hydrogens is 204 g/mol. The van der Waals surface area contributed by atoms with Crippen LogP contribution in [0.5, 0.6) is 0 Å². The number of anilines is 1. The quantitative estimate of drug-likeness (QED) is 0.783. The highest BCUT2D eigenvalue weighted by atomic mass is 16.3. The molecule has 88 valence electrons. The molecule has 0 amide bonds. The Balaban J connectivity index is 2.28. The summed E-state index contributed by atoms with van der Waals surface area (Å²) in [7, 11) is 0. The molecule has 1 unspecified atom stereocenters. The lowest BCUT2D eigenvalue weighted by Crippen LogP contribution is -2.30. The summed E-state index contributed by atoms with van der Waals surface area (Å²) >= 11 is 0. The van der Waals surface area contributed by atoms with Gasteiger partial charge in [0.2, 0.25) is 0 Å². The van der Waals surface area contributed by atoms with E-state index in [2.05, 4.69) is 9.88 Å². The summed E-state index contributed by atoms with van der Waals surface area (Å²) < 4.78 is 0. The summed E-state index contributed by atoms with van der Waals surface area (Å²) in [6.07, 6.45) is 3.50. The van der Waals surface area contributed by atoms with Gasteiger partial charge in [-0.2, -0.15) is 0 Å². The van der Waals surface area contributed by atoms with Crippen LogP contribution in [0.15, 0.2) is 18.3 Å². The standard InChI is InChI=1S/C12H18N2O2/c1-9(16)11-3-2-6-13-12(11)14(7-8-15)10-4-5-10/h2-3,6,9-10,15-16H,4-5,7-8H2,1H3. The normalized spacial score (nSPS) is 17.2. The number of aromatic nitrogens is 1. The van der Waals surface area contributed by atoms with E-state index < -0.39 is 6.10 Å². The van der Waals surface area contributed by atoms with Crippen LogP contribution in [0, 0.1) is 0 Å². The molecule has 0 bridgehead atoms. The molecule has 1 aromatic heterocycles. The second-order valence-corrected chi connectivity index (χ2v) is 4.24. The van der Waals surface area contributed by atoms with E-state index in [0.717, 1.165) is 24.2 Å². The van der Waals surface area contributed by atoms with Crippen molar-refractivity contribution in [1.82, 2.24) is 4.98 Å². The molecule has 1 fully saturated rings. The van der Waals surface area contributed by atoms with E-state index in [9.17, 15) is 5.11 Å². The second-order valence-electron chi connectivity index (χ2n) is 4.24. The Morgan fingerprint density at radius 2 is 2.31 bits per heavy atom. The molecule has 4 heteroatoms. The zero-order valence-corrected chi connectivity index (χ0v) is 9.50. The lowest BCUT2D eigenvalue weighted by atomic mass is 10.1. The van der Waals surface area contributed by atoms with Gasteiger partial charge in [0.25, 0.3) is 0 Å². The average Bonchev–Trinajstić information content (AvgIpc) is 3.10. The topological polar surface area (TPSA) is 56.6 Å². The molecule has 0 radical (unpaired) electrons. The number of aliphatic hydroxyl groups is 2. The lowest BCUT2D eigenvalue weighted by Gasteiger charge is -2.25. The third kappa shape index (κ3) is 2.33. The number of hydrogen-bond acceptors (Lipinski definition) is 4. The van der Waals surface area contributed by atoms with Crippen molar-refractivity contribution in [2.45, 2.75) is 31.9 Å². The molecule has 16 heavy (non-hydrogen) atoms. The Hall–Kier alpha value is -1.13. The minimum atomic E-state index is -0.524. The fourth-order valence-electron chi connectivity index (χ4n) is 1.93. The van der Waals surface area contributed by atoms with Crippen LogP contribution in [0.2, 0.25) is 0 Å². The first-order valence-electron chi connectivity index (χ1n) is 5.74. The molecular formula is C12H18N2O2. The summed E-state index contributed by atoms with van der Waals surface area (Å²) in [5, 5.41) is 18.8. The van der Waals surface area contributed by atoms with E-state index in [0.29, 0.717) is 12.6 Å². The highest BCUT2D eigenvalue weighted by molar-refractivity contribution is 5.49. The Labute approximate surface area is 95.5 Å². The maximum Gasteiger partial charge on any atom is 0.134 e. The van der Waals surface area contributed by atoms with Crippen LogP contribution in [0.3, 0.4) is 0 Å². The predicted octanol–water partition coefficient (Wildman–Crippen LogP) is 1.10. The minimum absolute atomic E-state index is 0.117. The summed E-state index contributed by atoms with van der Waals surface area (Å²) in [6, 6.07) is 4.20. The van der Waals surface area contributed by atoms with Crippen molar-refractivity contribution in [1.29, 1.82) is 0 Å². The van der Waals surface area contributed by atoms with Crippen LogP contribution in [0.1, 0.15) is 31.4 Å². The minimum Gasteiger partial charge on any atom is -0.395 e. The molecule has 0 aliphatic heterocycles. The van der Waals surface area contributed by atoms with Gasteiger partial charge in [-0.05, 0) is 25.8 Å². The van der Waals surface area contributed by atoms with Gasteiger partial charge in [-0.25, -0.2) is 4.98 Å². The van der Waals surface area contributed by atoms with Gasteiger partial charge in [0.05, 0.1) is 12.7 Å². The number of rotatable bonds is 5. The van der Waals surface area contributed by atoms with Crippen LogP contribution in [-0.2, 0) is 0 Å². The van der Waals surface area contributed by atoms with Crippen molar-refractivity contribution in [2.24, 2.45) is 0 Å². The Morgan fingerprint density at radius 1 is 1.56 bits per heavy atom. The number of hydrogen-bond donors (Lipinski definition) is 2. The molecule has 0 saturated heterocycles. The van der Waals surface area contributed by atoms with Crippen molar-refractivity contribution in [2.75, 3.05) is 18.1 Å². The molecule has 4 nitrogen and oxygen atoms in total. The van der Waals surface area contributed by atoms with Crippen LogP contribution < -0.4 is 4.90 Å². The van der Waals surface area contributed by atoms with Gasteiger partial charge in [0, 0.05) is 24.3 Å². The van der Waals surface area contributed by atoms with Gasteiger partial charge in [-0.3, -0.25) is 0 Å². The van der Waals surface area contributed by atoms with Crippen LogP contribution >= 0.6 is 0 Å². The van der Waals surface area contributed by atoms with Crippen LogP contribution in [0.4, 0.5) is 5.82 Å². The molecule has 1 heterocycles. The molecule has 2 rings (SSSR count). The molecule has 1 saturated carbocycles. The Bertz CT molecular complexity index is 351. The number of nitrogens with zero attached hydrogens (tertiary/aromatic N) is 2. The average molecular weight is 222 g/mol. The fraction of sp³-hybridized carbons (Fsp3) is 0.583. The van der Waals surface area contributed by atoms with Crippen molar-refractivity contribution in [3.63, 3.8) is 0 Å². The molecule has 1 atom stereocenters. The van der Waals surface area contributed by atoms with E-state index in [1.54, 1.807) is 13.1 Å². The smallest absolute Gasteiger partial charge is 0.134 e. The zero-order valence-electron chi connectivity index (χ0n) is 9.50. The molecule has 1 aromatic rings. The first kappa shape index (κ1) is 11.4. The van der Waals surface area contributed by atoms with Gasteiger partial charge in [-0.15, -0.1) is 0 Å². The third-order valence-electron chi connectivity index (χ3n) is 2.87. The fourth-order valence-corrected chi connectivity index (χ4v) is 1.93. The zero-order chi connectivity index (χ0) is 11.5. The van der Waals surface area contributed by atoms with Crippen LogP contribution in [-0.4, -0.2) is 34.4 Å². The second kappa shape index (κ2) is 4.80. The van der Waals surface area contributed by atoms with E-state index >= 15 is 0 Å². The lowest BCUT2D eigenvalue weighted by molar-refractivity contribution is 0.199. The van der Waals surface area contributed by atoms with Gasteiger partial charge in [-0.1, -0.05) is 6.07 Å². The van der Waals surface area contributed by atoms with Gasteiger partial charge in [0.15, 0.2) is 0 Å². The van der Waals surface area contributed by atoms with E-state index in [1.807, 2.05) is 12.1 Å². The molecule has 2 N–H and O–H groups in total. The highest BCUT2D eigenvalue weighted by Gasteiger charge is 2.31. The monoisotopic (exact) mass is 222 g/mol. The summed E-state index contributed by atoms with van der Waals surface area (Å²) in [4.78, 5) is 6.43. The molecule has 1 aliphatic carbocycles. The highest BCUT2D eigenvalue weighted by Crippen LogP contribution is 2.33. The summed E-state index contributed by atoms with van der Waals surface area (Å²) in [5.74, 6) is 0.814. The van der Waals surface area contributed by atoms with E-state index in [4.69, 9.17) is 5.11 Å². The summed E-state index contributed by atoms with van der Waals surface area (Å²) in [6.45, 7) is 2.44. The van der Waals surface area contributed by atoms with Gasteiger partial charge < -0.3 is 15.1 Å². The van der Waals surface area contributed by atoms with E-state index in [1.165, 1.54) is 0 Å². The van der Waals surface area contributed by atoms with Crippen molar-refractivity contribution >= 4 is 5.82 Å². The molecule has 1 aliphatic rings. The number of aliphatic hydroxyl groups excluding tert-OH is 2. The first-order chi connectivity index (χ1) is 7.74. The van der Waals surface area contributed by atoms with Crippen molar-refractivity contribution in [3.8, 4) is 0 Å². The van der Waals surface area contributed by atoms with Crippen molar-refractivity contribution < 1.29 is 10.2 Å². The number of pyridine rings is 1. The SMILES string of the molecule is CC(O)c1cccnc1N(CCO)C1CC1. The van der Waals surface area contributed by atoms with Crippen molar-refractivity contribution in [3.05, 3.63) is 23.9 Å². The summed E-state index contributed by atoms with van der Waals surface area (Å²) in [5.41, 5.74) is 0.836. The third-order valence-corrected chi connectivity index (χ3v) is 2.87. The van der Waals surface area contributed by atoms with Crippen LogP contribution in [0.25, 0.3) is 0 Å². The molecule has 0 spiro atoms. The Morgan fingerprint density at radius 3 is 2.88 bits per heavy atom. The first-order valence-corrected chi connectivity index (χ1v) is 5.74. The van der Waals surface area contributed by atoms with E-state index in [-0.39, 0.29) is 6.61 Å². The maximum atomic E-state index is 9.69. The van der Waals surface area contributed by atoms with Gasteiger partial charge >= 0.3 is 0 Å². The maximum absolute atomic E-state index is 9.69. The van der Waals surface area contributed by atoms with Gasteiger partial charge in [0.1, 0.15) is 5.82 Å². The largest absolute Gasteiger partial charge is 0.395 e.